The summed E-state index contributed by atoms with van der Waals surface area (Å²) in [5, 5.41) is 5.03. The first-order valence-electron chi connectivity index (χ1n) is 6.15. The molecule has 2 aromatic heterocycles. The lowest BCUT2D eigenvalue weighted by atomic mass is 10.4. The van der Waals surface area contributed by atoms with Gasteiger partial charge in [0.25, 0.3) is 0 Å². The van der Waals surface area contributed by atoms with E-state index in [1.807, 2.05) is 7.05 Å². The van der Waals surface area contributed by atoms with Crippen LogP contribution in [-0.2, 0) is 13.6 Å². The molecule has 0 bridgehead atoms. The van der Waals surface area contributed by atoms with Crippen molar-refractivity contribution < 1.29 is 0 Å². The van der Waals surface area contributed by atoms with Crippen LogP contribution in [-0.4, -0.2) is 37.7 Å². The largest absolute Gasteiger partial charge is 0.308 e. The predicted molar refractivity (Wildman–Crippen MR) is 68.6 cm³/mol. The van der Waals surface area contributed by atoms with Gasteiger partial charge < -0.3 is 5.43 Å². The summed E-state index contributed by atoms with van der Waals surface area (Å²) in [6.45, 7) is 3.02. The van der Waals surface area contributed by atoms with Gasteiger partial charge in [0, 0.05) is 7.05 Å². The fraction of sp³-hybridized carbons (Fsp3) is 0.545. The van der Waals surface area contributed by atoms with Crippen molar-refractivity contribution in [2.45, 2.75) is 19.4 Å². The zero-order chi connectivity index (χ0) is 12.5. The maximum Gasteiger partial charge on any atom is 0.163 e. The second kappa shape index (κ2) is 4.51. The van der Waals surface area contributed by atoms with Gasteiger partial charge in [-0.05, 0) is 25.9 Å². The summed E-state index contributed by atoms with van der Waals surface area (Å²) in [5.41, 5.74) is 3.44. The van der Waals surface area contributed by atoms with E-state index in [-0.39, 0.29) is 0 Å². The molecule has 2 aromatic rings. The lowest BCUT2D eigenvalue weighted by molar-refractivity contribution is 0.323. The van der Waals surface area contributed by atoms with E-state index in [4.69, 9.17) is 5.84 Å². The van der Waals surface area contributed by atoms with E-state index < -0.39 is 0 Å². The summed E-state index contributed by atoms with van der Waals surface area (Å²) >= 11 is 0. The second-order valence-corrected chi connectivity index (χ2v) is 4.62. The van der Waals surface area contributed by atoms with Crippen LogP contribution < -0.4 is 11.3 Å². The molecule has 1 saturated heterocycles. The van der Waals surface area contributed by atoms with Crippen LogP contribution in [0.2, 0.25) is 0 Å². The molecule has 0 atom stereocenters. The van der Waals surface area contributed by atoms with E-state index in [1.54, 1.807) is 10.9 Å². The number of nitrogens with zero attached hydrogens (tertiary/aromatic N) is 5. The molecular weight excluding hydrogens is 230 g/mol. The van der Waals surface area contributed by atoms with E-state index >= 15 is 0 Å². The highest BCUT2D eigenvalue weighted by Gasteiger charge is 2.16. The number of likely N-dealkylation sites (tertiary alicyclic amines) is 1. The number of aromatic nitrogens is 4. The van der Waals surface area contributed by atoms with Gasteiger partial charge >= 0.3 is 0 Å². The average molecular weight is 247 g/mol. The monoisotopic (exact) mass is 247 g/mol. The van der Waals surface area contributed by atoms with Gasteiger partial charge in [0.15, 0.2) is 11.5 Å². The SMILES string of the molecule is Cn1ncc2c(NN)nc(CN3CCCC3)nc21. The number of nitrogens with one attached hydrogen (secondary N) is 1. The van der Waals surface area contributed by atoms with E-state index in [9.17, 15) is 0 Å². The Morgan fingerprint density at radius 3 is 2.83 bits per heavy atom. The quantitative estimate of drug-likeness (QED) is 0.597. The molecule has 1 aliphatic heterocycles. The van der Waals surface area contributed by atoms with E-state index in [0.717, 1.165) is 36.5 Å². The standard InChI is InChI=1S/C11H17N7/c1-17-11-8(6-13-17)10(16-12)14-9(15-11)7-18-4-2-3-5-18/h6H,2-5,7,12H2,1H3,(H,14,15,16). The van der Waals surface area contributed by atoms with Crippen LogP contribution in [0.1, 0.15) is 18.7 Å². The van der Waals surface area contributed by atoms with Crippen molar-refractivity contribution in [3.8, 4) is 0 Å². The van der Waals surface area contributed by atoms with Crippen molar-refractivity contribution in [1.29, 1.82) is 0 Å². The first-order valence-corrected chi connectivity index (χ1v) is 6.15. The number of hydrogen-bond donors (Lipinski definition) is 2. The van der Waals surface area contributed by atoms with E-state index in [2.05, 4.69) is 25.4 Å². The summed E-state index contributed by atoms with van der Waals surface area (Å²) in [5.74, 6) is 6.94. The summed E-state index contributed by atoms with van der Waals surface area (Å²) in [7, 11) is 1.87. The van der Waals surface area contributed by atoms with Crippen molar-refractivity contribution in [2.24, 2.45) is 12.9 Å². The lowest BCUT2D eigenvalue weighted by Crippen LogP contribution is -2.21. The lowest BCUT2D eigenvalue weighted by Gasteiger charge is -2.14. The van der Waals surface area contributed by atoms with Crippen LogP contribution in [0.25, 0.3) is 11.0 Å². The number of hydrazine groups is 1. The number of aryl methyl sites for hydroxylation is 1. The second-order valence-electron chi connectivity index (χ2n) is 4.62. The van der Waals surface area contributed by atoms with Crippen LogP contribution in [0.5, 0.6) is 0 Å². The Labute approximate surface area is 105 Å². The summed E-state index contributed by atoms with van der Waals surface area (Å²) < 4.78 is 1.74. The Morgan fingerprint density at radius 2 is 2.11 bits per heavy atom. The third-order valence-corrected chi connectivity index (χ3v) is 3.34. The first kappa shape index (κ1) is 11.4. The third kappa shape index (κ3) is 1.91. The van der Waals surface area contributed by atoms with E-state index in [1.165, 1.54) is 12.8 Å². The Bertz CT molecular complexity index is 556. The van der Waals surface area contributed by atoms with Crippen LogP contribution in [0.3, 0.4) is 0 Å². The van der Waals surface area contributed by atoms with Gasteiger partial charge in [-0.15, -0.1) is 0 Å². The molecular formula is C11H17N7. The van der Waals surface area contributed by atoms with Crippen molar-refractivity contribution >= 4 is 16.9 Å². The molecule has 96 valence electrons. The topological polar surface area (TPSA) is 84.9 Å². The van der Waals surface area contributed by atoms with Gasteiger partial charge in [0.05, 0.1) is 18.1 Å². The molecule has 7 nitrogen and oxygen atoms in total. The molecule has 1 aliphatic rings. The number of fused-ring (bicyclic) bond motifs is 1. The van der Waals surface area contributed by atoms with Crippen molar-refractivity contribution in [2.75, 3.05) is 18.5 Å². The van der Waals surface area contributed by atoms with Crippen molar-refractivity contribution in [3.05, 3.63) is 12.0 Å². The van der Waals surface area contributed by atoms with Crippen molar-refractivity contribution in [3.63, 3.8) is 0 Å². The summed E-state index contributed by atoms with van der Waals surface area (Å²) in [6.07, 6.45) is 4.25. The average Bonchev–Trinajstić information content (AvgIpc) is 3.00. The molecule has 3 N–H and O–H groups in total. The van der Waals surface area contributed by atoms with Gasteiger partial charge in [-0.25, -0.2) is 15.8 Å². The number of anilines is 1. The third-order valence-electron chi connectivity index (χ3n) is 3.34. The zero-order valence-corrected chi connectivity index (χ0v) is 10.4. The molecule has 0 aromatic carbocycles. The molecule has 0 saturated carbocycles. The Balaban J connectivity index is 1.98. The minimum absolute atomic E-state index is 0.641. The maximum absolute atomic E-state index is 5.51. The van der Waals surface area contributed by atoms with Crippen LogP contribution in [0.15, 0.2) is 6.20 Å². The van der Waals surface area contributed by atoms with E-state index in [0.29, 0.717) is 5.82 Å². The fourth-order valence-electron chi connectivity index (χ4n) is 2.39. The molecule has 7 heteroatoms. The molecule has 0 aliphatic carbocycles. The molecule has 0 spiro atoms. The summed E-state index contributed by atoms with van der Waals surface area (Å²) in [4.78, 5) is 11.4. The molecule has 1 fully saturated rings. The van der Waals surface area contributed by atoms with Crippen LogP contribution >= 0.6 is 0 Å². The van der Waals surface area contributed by atoms with Crippen LogP contribution in [0, 0.1) is 0 Å². The van der Waals surface area contributed by atoms with Gasteiger partial charge in [-0.2, -0.15) is 5.10 Å². The number of nitrogens with two attached hydrogens (primary N) is 1. The maximum atomic E-state index is 5.51. The first-order chi connectivity index (χ1) is 8.78. The van der Waals surface area contributed by atoms with Gasteiger partial charge in [0.1, 0.15) is 5.82 Å². The highest BCUT2D eigenvalue weighted by atomic mass is 15.3. The summed E-state index contributed by atoms with van der Waals surface area (Å²) in [6, 6.07) is 0. The van der Waals surface area contributed by atoms with Gasteiger partial charge in [0.2, 0.25) is 0 Å². The minimum Gasteiger partial charge on any atom is -0.308 e. The smallest absolute Gasteiger partial charge is 0.163 e. The molecule has 18 heavy (non-hydrogen) atoms. The highest BCUT2D eigenvalue weighted by Crippen LogP contribution is 2.19. The molecule has 0 unspecified atom stereocenters. The normalized spacial score (nSPS) is 16.6. The molecule has 0 amide bonds. The Kier molecular flexibility index (Phi) is 2.85. The molecule has 0 radical (unpaired) electrons. The number of rotatable bonds is 3. The number of nitrogen functional groups attached to an aromatic ring is 1. The van der Waals surface area contributed by atoms with Crippen molar-refractivity contribution in [1.82, 2.24) is 24.6 Å². The fourth-order valence-corrected chi connectivity index (χ4v) is 2.39. The highest BCUT2D eigenvalue weighted by molar-refractivity contribution is 5.86. The Morgan fingerprint density at radius 1 is 1.33 bits per heavy atom. The molecule has 3 rings (SSSR count). The Hall–Kier alpha value is -1.73. The predicted octanol–water partition coefficient (Wildman–Crippen LogP) is 0.245. The number of hydrogen-bond acceptors (Lipinski definition) is 6. The zero-order valence-electron chi connectivity index (χ0n) is 10.4. The molecule has 3 heterocycles. The van der Waals surface area contributed by atoms with Crippen LogP contribution in [0.4, 0.5) is 5.82 Å². The van der Waals surface area contributed by atoms with Gasteiger partial charge in [-0.3, -0.25) is 9.58 Å². The minimum atomic E-state index is 0.641. The van der Waals surface area contributed by atoms with Gasteiger partial charge in [-0.1, -0.05) is 0 Å².